The van der Waals surface area contributed by atoms with Crippen LogP contribution in [0.4, 0.5) is 14.6 Å². The highest BCUT2D eigenvalue weighted by atomic mass is 79.9. The summed E-state index contributed by atoms with van der Waals surface area (Å²) in [5, 5.41) is 0. The average molecular weight is 382 g/mol. The minimum Gasteiger partial charge on any atom is -0.354 e. The van der Waals surface area contributed by atoms with E-state index in [9.17, 15) is 8.78 Å². The van der Waals surface area contributed by atoms with Gasteiger partial charge in [0.05, 0.1) is 0 Å². The van der Waals surface area contributed by atoms with E-state index in [1.165, 1.54) is 12.1 Å². The van der Waals surface area contributed by atoms with Crippen molar-refractivity contribution >= 4 is 21.7 Å². The van der Waals surface area contributed by atoms with Crippen LogP contribution in [0.3, 0.4) is 0 Å². The molecule has 0 amide bonds. The molecule has 1 aromatic carbocycles. The zero-order chi connectivity index (χ0) is 16.4. The average Bonchev–Trinajstić information content (AvgIpc) is 2.55. The van der Waals surface area contributed by atoms with Crippen molar-refractivity contribution < 1.29 is 8.78 Å². The van der Waals surface area contributed by atoms with Crippen LogP contribution in [0.2, 0.25) is 0 Å². The van der Waals surface area contributed by atoms with E-state index >= 15 is 0 Å². The van der Waals surface area contributed by atoms with Crippen LogP contribution in [-0.4, -0.2) is 36.1 Å². The van der Waals surface area contributed by atoms with Crippen molar-refractivity contribution in [2.45, 2.75) is 13.0 Å². The van der Waals surface area contributed by atoms with Gasteiger partial charge in [-0.1, -0.05) is 6.07 Å². The Kier molecular flexibility index (Phi) is 4.92. The van der Waals surface area contributed by atoms with Gasteiger partial charge in [0.25, 0.3) is 0 Å². The number of anilines is 1. The second kappa shape index (κ2) is 6.93. The van der Waals surface area contributed by atoms with Crippen LogP contribution >= 0.6 is 15.9 Å². The first-order valence-electron chi connectivity index (χ1n) is 7.60. The molecule has 6 heteroatoms. The van der Waals surface area contributed by atoms with Crippen LogP contribution in [0.15, 0.2) is 41.0 Å². The summed E-state index contributed by atoms with van der Waals surface area (Å²) < 4.78 is 28.0. The molecule has 0 bridgehead atoms. The second-order valence-electron chi connectivity index (χ2n) is 5.70. The zero-order valence-corrected chi connectivity index (χ0v) is 14.4. The van der Waals surface area contributed by atoms with Crippen molar-refractivity contribution in [1.29, 1.82) is 0 Å². The Hall–Kier alpha value is -1.53. The molecule has 1 aromatic heterocycles. The fourth-order valence-electron chi connectivity index (χ4n) is 2.93. The molecular formula is C17H18BrF2N3. The predicted octanol–water partition coefficient (Wildman–Crippen LogP) is 4.01. The maximum absolute atomic E-state index is 13.9. The lowest BCUT2D eigenvalue weighted by molar-refractivity contribution is 0.194. The molecule has 1 aliphatic heterocycles. The Morgan fingerprint density at radius 1 is 1.09 bits per heavy atom. The number of aromatic nitrogens is 1. The van der Waals surface area contributed by atoms with Gasteiger partial charge < -0.3 is 4.90 Å². The van der Waals surface area contributed by atoms with Crippen LogP contribution in [0.5, 0.6) is 0 Å². The van der Waals surface area contributed by atoms with Gasteiger partial charge in [0.2, 0.25) is 0 Å². The molecule has 23 heavy (non-hydrogen) atoms. The zero-order valence-electron chi connectivity index (χ0n) is 12.8. The lowest BCUT2D eigenvalue weighted by Crippen LogP contribution is -2.47. The topological polar surface area (TPSA) is 19.4 Å². The Balaban J connectivity index is 1.65. The molecule has 3 nitrogen and oxygen atoms in total. The van der Waals surface area contributed by atoms with Gasteiger partial charge in [0.15, 0.2) is 0 Å². The third-order valence-corrected chi connectivity index (χ3v) is 4.78. The van der Waals surface area contributed by atoms with Crippen molar-refractivity contribution in [2.24, 2.45) is 0 Å². The summed E-state index contributed by atoms with van der Waals surface area (Å²) in [5.74, 6) is -0.0625. The summed E-state index contributed by atoms with van der Waals surface area (Å²) in [4.78, 5) is 8.85. The van der Waals surface area contributed by atoms with E-state index in [1.807, 2.05) is 19.1 Å². The van der Waals surface area contributed by atoms with Crippen LogP contribution in [-0.2, 0) is 0 Å². The first-order chi connectivity index (χ1) is 11.0. The quantitative estimate of drug-likeness (QED) is 0.800. The first kappa shape index (κ1) is 16.3. The van der Waals surface area contributed by atoms with Gasteiger partial charge in [-0.05, 0) is 41.1 Å². The molecule has 1 unspecified atom stereocenters. The van der Waals surface area contributed by atoms with Gasteiger partial charge in [0.1, 0.15) is 17.5 Å². The lowest BCUT2D eigenvalue weighted by Gasteiger charge is -2.38. The minimum absolute atomic E-state index is 0.0735. The van der Waals surface area contributed by atoms with E-state index in [0.29, 0.717) is 5.56 Å². The van der Waals surface area contributed by atoms with Crippen LogP contribution in [0.25, 0.3) is 0 Å². The third kappa shape index (κ3) is 3.70. The summed E-state index contributed by atoms with van der Waals surface area (Å²) in [6, 6.07) is 7.70. The highest BCUT2D eigenvalue weighted by Crippen LogP contribution is 2.25. The molecule has 0 saturated carbocycles. The molecule has 1 saturated heterocycles. The van der Waals surface area contributed by atoms with Gasteiger partial charge in [-0.3, -0.25) is 4.90 Å². The molecule has 2 aromatic rings. The first-order valence-corrected chi connectivity index (χ1v) is 8.39. The largest absolute Gasteiger partial charge is 0.354 e. The number of rotatable bonds is 3. The van der Waals surface area contributed by atoms with Crippen molar-refractivity contribution in [3.63, 3.8) is 0 Å². The molecule has 0 spiro atoms. The smallest absolute Gasteiger partial charge is 0.130 e. The highest BCUT2D eigenvalue weighted by molar-refractivity contribution is 9.10. The monoisotopic (exact) mass is 381 g/mol. The number of piperazine rings is 1. The number of halogens is 3. The van der Waals surface area contributed by atoms with Crippen molar-refractivity contribution in [3.8, 4) is 0 Å². The molecular weight excluding hydrogens is 364 g/mol. The molecule has 0 N–H and O–H groups in total. The maximum atomic E-state index is 13.9. The summed E-state index contributed by atoms with van der Waals surface area (Å²) in [6.07, 6.45) is 1.79. The fraction of sp³-hybridized carbons (Fsp3) is 0.353. The van der Waals surface area contributed by atoms with E-state index in [4.69, 9.17) is 0 Å². The van der Waals surface area contributed by atoms with Crippen molar-refractivity contribution in [3.05, 3.63) is 58.2 Å². The second-order valence-corrected chi connectivity index (χ2v) is 6.62. The molecule has 3 rings (SSSR count). The highest BCUT2D eigenvalue weighted by Gasteiger charge is 2.24. The van der Waals surface area contributed by atoms with Crippen molar-refractivity contribution in [1.82, 2.24) is 9.88 Å². The predicted molar refractivity (Wildman–Crippen MR) is 90.5 cm³/mol. The Morgan fingerprint density at radius 3 is 2.43 bits per heavy atom. The Morgan fingerprint density at radius 2 is 1.83 bits per heavy atom. The number of benzene rings is 1. The van der Waals surface area contributed by atoms with Crippen LogP contribution in [0, 0.1) is 11.6 Å². The normalized spacial score (nSPS) is 17.3. The molecule has 122 valence electrons. The Bertz CT molecular complexity index is 670. The summed E-state index contributed by atoms with van der Waals surface area (Å²) >= 11 is 3.38. The van der Waals surface area contributed by atoms with Gasteiger partial charge in [-0.2, -0.15) is 0 Å². The number of nitrogens with zero attached hydrogens (tertiary/aromatic N) is 3. The van der Waals surface area contributed by atoms with E-state index in [-0.39, 0.29) is 6.04 Å². The number of hydrogen-bond donors (Lipinski definition) is 0. The lowest BCUT2D eigenvalue weighted by atomic mass is 10.1. The standard InChI is InChI=1S/C17H18BrF2N3/c1-12(15-4-3-14(19)10-16(15)20)22-6-8-23(9-7-22)17-5-2-13(18)11-21-17/h2-5,10-12H,6-9H2,1H3. The fourth-order valence-corrected chi connectivity index (χ4v) is 3.16. The van der Waals surface area contributed by atoms with Crippen molar-refractivity contribution in [2.75, 3.05) is 31.1 Å². The SMILES string of the molecule is CC(c1ccc(F)cc1F)N1CCN(c2ccc(Br)cn2)CC1. The summed E-state index contributed by atoms with van der Waals surface area (Å²) in [5.41, 5.74) is 0.543. The van der Waals surface area contributed by atoms with Gasteiger partial charge in [-0.25, -0.2) is 13.8 Å². The Labute approximate surface area is 143 Å². The number of hydrogen-bond acceptors (Lipinski definition) is 3. The van der Waals surface area contributed by atoms with E-state index in [0.717, 1.165) is 42.5 Å². The van der Waals surface area contributed by atoms with Crippen LogP contribution < -0.4 is 4.90 Å². The van der Waals surface area contributed by atoms with E-state index in [1.54, 1.807) is 6.20 Å². The summed E-state index contributed by atoms with van der Waals surface area (Å²) in [7, 11) is 0. The molecule has 0 aliphatic carbocycles. The number of pyridine rings is 1. The third-order valence-electron chi connectivity index (χ3n) is 4.31. The molecule has 1 aliphatic rings. The van der Waals surface area contributed by atoms with E-state index < -0.39 is 11.6 Å². The van der Waals surface area contributed by atoms with Gasteiger partial charge in [0, 0.05) is 54.5 Å². The molecule has 1 atom stereocenters. The molecule has 1 fully saturated rings. The minimum atomic E-state index is -0.537. The summed E-state index contributed by atoms with van der Waals surface area (Å²) in [6.45, 7) is 5.26. The van der Waals surface area contributed by atoms with Gasteiger partial charge >= 0.3 is 0 Å². The maximum Gasteiger partial charge on any atom is 0.130 e. The van der Waals surface area contributed by atoms with Crippen LogP contribution in [0.1, 0.15) is 18.5 Å². The molecule has 0 radical (unpaired) electrons. The van der Waals surface area contributed by atoms with E-state index in [2.05, 4.69) is 30.7 Å². The van der Waals surface area contributed by atoms with Gasteiger partial charge in [-0.15, -0.1) is 0 Å². The molecule has 2 heterocycles.